The lowest BCUT2D eigenvalue weighted by Gasteiger charge is -2.16. The average Bonchev–Trinajstić information content (AvgIpc) is 2.70. The zero-order valence-electron chi connectivity index (χ0n) is 11.5. The van der Waals surface area contributed by atoms with Gasteiger partial charge in [-0.15, -0.1) is 11.3 Å². The van der Waals surface area contributed by atoms with Crippen LogP contribution in [0.3, 0.4) is 0 Å². The van der Waals surface area contributed by atoms with Gasteiger partial charge in [-0.25, -0.2) is 8.42 Å². The molecule has 0 atom stereocenters. The molecule has 1 rings (SSSR count). The van der Waals surface area contributed by atoms with Crippen molar-refractivity contribution >= 4 is 21.4 Å². The minimum absolute atomic E-state index is 0.455. The predicted molar refractivity (Wildman–Crippen MR) is 76.5 cm³/mol. The maximum absolute atomic E-state index is 12.3. The summed E-state index contributed by atoms with van der Waals surface area (Å²) in [5.74, 6) is 0. The lowest BCUT2D eigenvalue weighted by atomic mass is 10.3. The molecule has 0 aliphatic rings. The highest BCUT2D eigenvalue weighted by Gasteiger charge is 2.24. The van der Waals surface area contributed by atoms with Crippen LogP contribution in [0.2, 0.25) is 0 Å². The van der Waals surface area contributed by atoms with Crippen LogP contribution in [0.15, 0.2) is 10.3 Å². The molecule has 6 heteroatoms. The normalized spacial score (nSPS) is 12.3. The Hall–Kier alpha value is -0.430. The average molecular weight is 290 g/mol. The van der Waals surface area contributed by atoms with Crippen molar-refractivity contribution in [3.05, 3.63) is 16.5 Å². The maximum Gasteiger partial charge on any atom is 0.252 e. The van der Waals surface area contributed by atoms with Crippen LogP contribution in [-0.4, -0.2) is 32.4 Å². The summed E-state index contributed by atoms with van der Waals surface area (Å²) in [5.41, 5.74) is 1.05. The van der Waals surface area contributed by atoms with E-state index in [1.54, 1.807) is 6.07 Å². The quantitative estimate of drug-likeness (QED) is 0.837. The third-order valence-corrected chi connectivity index (χ3v) is 6.57. The smallest absolute Gasteiger partial charge is 0.252 e. The van der Waals surface area contributed by atoms with Gasteiger partial charge in [0.1, 0.15) is 4.21 Å². The van der Waals surface area contributed by atoms with Crippen molar-refractivity contribution in [2.45, 2.75) is 38.4 Å². The topological polar surface area (TPSA) is 49.4 Å². The van der Waals surface area contributed by atoms with Gasteiger partial charge >= 0.3 is 0 Å². The van der Waals surface area contributed by atoms with Crippen molar-refractivity contribution < 1.29 is 8.42 Å². The van der Waals surface area contributed by atoms with Crippen LogP contribution in [0.4, 0.5) is 0 Å². The first-order chi connectivity index (χ1) is 8.47. The molecule has 0 aromatic carbocycles. The Morgan fingerprint density at radius 1 is 1.28 bits per heavy atom. The second-order valence-electron chi connectivity index (χ2n) is 4.04. The fraction of sp³-hybridized carbons (Fsp3) is 0.667. The first kappa shape index (κ1) is 15.6. The number of hydrogen-bond donors (Lipinski definition) is 1. The van der Waals surface area contributed by atoms with Gasteiger partial charge in [-0.05, 0) is 25.1 Å². The lowest BCUT2D eigenvalue weighted by molar-refractivity contribution is 0.447. The summed E-state index contributed by atoms with van der Waals surface area (Å²) in [5, 5.41) is 3.23. The van der Waals surface area contributed by atoms with Gasteiger partial charge in [0, 0.05) is 24.5 Å². The largest absolute Gasteiger partial charge is 0.312 e. The van der Waals surface area contributed by atoms with E-state index in [4.69, 9.17) is 0 Å². The molecule has 0 fully saturated rings. The molecule has 0 amide bonds. The van der Waals surface area contributed by atoms with Crippen molar-refractivity contribution in [3.8, 4) is 0 Å². The second-order valence-corrected chi connectivity index (χ2v) is 7.34. The van der Waals surface area contributed by atoms with Crippen LogP contribution >= 0.6 is 11.3 Å². The third kappa shape index (κ3) is 3.32. The molecule has 0 unspecified atom stereocenters. The predicted octanol–water partition coefficient (Wildman–Crippen LogP) is 2.20. The Morgan fingerprint density at radius 2 is 1.89 bits per heavy atom. The number of hydrogen-bond acceptors (Lipinski definition) is 4. The summed E-state index contributed by atoms with van der Waals surface area (Å²) in [4.78, 5) is 1.10. The van der Waals surface area contributed by atoms with E-state index in [9.17, 15) is 8.42 Å². The second kappa shape index (κ2) is 6.65. The van der Waals surface area contributed by atoms with Crippen molar-refractivity contribution in [3.63, 3.8) is 0 Å². The summed E-state index contributed by atoms with van der Waals surface area (Å²) < 4.78 is 26.6. The first-order valence-corrected chi connectivity index (χ1v) is 8.53. The fourth-order valence-corrected chi connectivity index (χ4v) is 4.89. The number of nitrogens with zero attached hydrogens (tertiary/aromatic N) is 1. The molecule has 1 aromatic heterocycles. The molecule has 0 aliphatic heterocycles. The van der Waals surface area contributed by atoms with Crippen LogP contribution in [0.5, 0.6) is 0 Å². The van der Waals surface area contributed by atoms with Crippen LogP contribution in [0.25, 0.3) is 0 Å². The highest BCUT2D eigenvalue weighted by molar-refractivity contribution is 7.91. The number of thiophene rings is 1. The van der Waals surface area contributed by atoms with E-state index in [-0.39, 0.29) is 0 Å². The molecular weight excluding hydrogens is 268 g/mol. The fourth-order valence-electron chi connectivity index (χ4n) is 1.72. The van der Waals surface area contributed by atoms with Crippen LogP contribution in [0.1, 0.15) is 31.2 Å². The van der Waals surface area contributed by atoms with Gasteiger partial charge in [-0.3, -0.25) is 0 Å². The highest BCUT2D eigenvalue weighted by atomic mass is 32.2. The van der Waals surface area contributed by atoms with Crippen molar-refractivity contribution in [1.29, 1.82) is 0 Å². The van der Waals surface area contributed by atoms with Gasteiger partial charge < -0.3 is 5.32 Å². The molecule has 0 saturated carbocycles. The van der Waals surface area contributed by atoms with Gasteiger partial charge in [0.2, 0.25) is 0 Å². The Balaban J connectivity index is 3.03. The standard InChI is InChI=1S/C12H22N2O2S2/c1-5-13-9-11-10(4)8-12(17-11)18(15,16)14(6-2)7-3/h8,13H,5-7,9H2,1-4H3. The summed E-state index contributed by atoms with van der Waals surface area (Å²) in [6.07, 6.45) is 0. The van der Waals surface area contributed by atoms with Gasteiger partial charge in [0.25, 0.3) is 10.0 Å². The Bertz CT molecular complexity index is 476. The van der Waals surface area contributed by atoms with E-state index in [2.05, 4.69) is 5.32 Å². The van der Waals surface area contributed by atoms with Gasteiger partial charge in [-0.2, -0.15) is 4.31 Å². The SMILES string of the molecule is CCNCc1sc(S(=O)(=O)N(CC)CC)cc1C. The zero-order valence-corrected chi connectivity index (χ0v) is 13.1. The molecule has 0 bridgehead atoms. The third-order valence-electron chi connectivity index (χ3n) is 2.83. The van der Waals surface area contributed by atoms with Crippen molar-refractivity contribution in [2.75, 3.05) is 19.6 Å². The summed E-state index contributed by atoms with van der Waals surface area (Å²) >= 11 is 1.37. The van der Waals surface area contributed by atoms with Crippen LogP contribution in [-0.2, 0) is 16.6 Å². The maximum atomic E-state index is 12.3. The number of rotatable bonds is 7. The molecule has 0 spiro atoms. The molecule has 0 aliphatic carbocycles. The van der Waals surface area contributed by atoms with Gasteiger partial charge in [0.15, 0.2) is 0 Å². The first-order valence-electron chi connectivity index (χ1n) is 6.27. The molecule has 0 saturated heterocycles. The molecule has 1 heterocycles. The van der Waals surface area contributed by atoms with Crippen molar-refractivity contribution in [2.24, 2.45) is 0 Å². The minimum atomic E-state index is -3.30. The molecule has 18 heavy (non-hydrogen) atoms. The van der Waals surface area contributed by atoms with E-state index in [0.29, 0.717) is 17.3 Å². The summed E-state index contributed by atoms with van der Waals surface area (Å²) in [6.45, 7) is 10.4. The molecule has 4 nitrogen and oxygen atoms in total. The number of sulfonamides is 1. The van der Waals surface area contributed by atoms with E-state index in [1.807, 2.05) is 27.7 Å². The lowest BCUT2D eigenvalue weighted by Crippen LogP contribution is -2.30. The summed E-state index contributed by atoms with van der Waals surface area (Å²) in [7, 11) is -3.30. The van der Waals surface area contributed by atoms with Gasteiger partial charge in [0.05, 0.1) is 0 Å². The molecule has 1 aromatic rings. The van der Waals surface area contributed by atoms with Crippen LogP contribution in [0, 0.1) is 6.92 Å². The Labute approximate surface area is 114 Å². The van der Waals surface area contributed by atoms with E-state index < -0.39 is 10.0 Å². The molecule has 1 N–H and O–H groups in total. The Morgan fingerprint density at radius 3 is 2.39 bits per heavy atom. The van der Waals surface area contributed by atoms with Crippen molar-refractivity contribution in [1.82, 2.24) is 9.62 Å². The van der Waals surface area contributed by atoms with Gasteiger partial charge in [-0.1, -0.05) is 20.8 Å². The number of aryl methyl sites for hydroxylation is 1. The van der Waals surface area contributed by atoms with Crippen LogP contribution < -0.4 is 5.32 Å². The molecular formula is C12H22N2O2S2. The minimum Gasteiger partial charge on any atom is -0.312 e. The van der Waals surface area contributed by atoms with E-state index >= 15 is 0 Å². The Kier molecular flexibility index (Phi) is 5.78. The van der Waals surface area contributed by atoms with E-state index in [0.717, 1.165) is 23.5 Å². The zero-order chi connectivity index (χ0) is 13.8. The number of nitrogens with one attached hydrogen (secondary N) is 1. The monoisotopic (exact) mass is 290 g/mol. The van der Waals surface area contributed by atoms with E-state index in [1.165, 1.54) is 15.6 Å². The summed E-state index contributed by atoms with van der Waals surface area (Å²) in [6, 6.07) is 1.78. The highest BCUT2D eigenvalue weighted by Crippen LogP contribution is 2.28. The molecule has 0 radical (unpaired) electrons. The molecule has 104 valence electrons.